The van der Waals surface area contributed by atoms with Crippen molar-refractivity contribution in [3.8, 4) is 0 Å². The molecule has 2 fully saturated rings. The second kappa shape index (κ2) is 5.80. The molecule has 1 unspecified atom stereocenters. The number of carbonyl (C=O) groups excluding carboxylic acids is 1. The molecule has 1 aliphatic carbocycles. The molecule has 3 heterocycles. The number of rotatable bonds is 4. The maximum atomic E-state index is 12.8. The molecule has 2 aliphatic rings. The second-order valence-electron chi connectivity index (χ2n) is 6.34. The molecule has 4 rings (SSSR count). The van der Waals surface area contributed by atoms with Crippen LogP contribution in [0.4, 0.5) is 0 Å². The van der Waals surface area contributed by atoms with Gasteiger partial charge in [0.15, 0.2) is 0 Å². The van der Waals surface area contributed by atoms with E-state index in [1.807, 2.05) is 0 Å². The zero-order valence-corrected chi connectivity index (χ0v) is 14.0. The Hall–Kier alpha value is -1.17. The fourth-order valence-corrected chi connectivity index (χ4v) is 5.29. The Labute approximate surface area is 138 Å². The van der Waals surface area contributed by atoms with E-state index in [2.05, 4.69) is 45.7 Å². The summed E-state index contributed by atoms with van der Waals surface area (Å²) in [5, 5.41) is 10.9. The number of hydrogen-bond acceptors (Lipinski definition) is 4. The maximum absolute atomic E-state index is 12.8. The number of piperidine rings is 1. The van der Waals surface area contributed by atoms with Crippen LogP contribution >= 0.6 is 22.7 Å². The zero-order valence-electron chi connectivity index (χ0n) is 12.4. The third-order valence-electron chi connectivity index (χ3n) is 5.05. The van der Waals surface area contributed by atoms with E-state index in [9.17, 15) is 4.79 Å². The van der Waals surface area contributed by atoms with E-state index in [1.54, 1.807) is 22.7 Å². The van der Waals surface area contributed by atoms with Gasteiger partial charge in [0.25, 0.3) is 0 Å². The molecular weight excluding hydrogens is 312 g/mol. The van der Waals surface area contributed by atoms with Gasteiger partial charge >= 0.3 is 0 Å². The average Bonchev–Trinajstić information content (AvgIpc) is 3.01. The topological polar surface area (TPSA) is 41.1 Å². The van der Waals surface area contributed by atoms with E-state index in [1.165, 1.54) is 9.75 Å². The third-order valence-corrected chi connectivity index (χ3v) is 6.92. The number of hydrogen-bond donors (Lipinski definition) is 2. The van der Waals surface area contributed by atoms with Crippen LogP contribution in [0.5, 0.6) is 0 Å². The van der Waals surface area contributed by atoms with Crippen LogP contribution in [-0.2, 0) is 4.79 Å². The third kappa shape index (κ3) is 2.62. The Bertz CT molecular complexity index is 595. The lowest BCUT2D eigenvalue weighted by Crippen LogP contribution is -2.35. The SMILES string of the molecule is O=C(NC(c1cccs1)c1cccs1)C1CC12CCNCC2. The van der Waals surface area contributed by atoms with E-state index < -0.39 is 0 Å². The molecule has 22 heavy (non-hydrogen) atoms. The molecule has 1 amide bonds. The molecular formula is C17H20N2OS2. The molecule has 1 spiro atoms. The summed E-state index contributed by atoms with van der Waals surface area (Å²) in [6.07, 6.45) is 3.36. The van der Waals surface area contributed by atoms with E-state index >= 15 is 0 Å². The molecule has 2 aromatic rings. The summed E-state index contributed by atoms with van der Waals surface area (Å²) < 4.78 is 0. The van der Waals surface area contributed by atoms with Crippen molar-refractivity contribution in [2.75, 3.05) is 13.1 Å². The summed E-state index contributed by atoms with van der Waals surface area (Å²) in [5.41, 5.74) is 0.296. The lowest BCUT2D eigenvalue weighted by atomic mass is 9.91. The molecule has 5 heteroatoms. The van der Waals surface area contributed by atoms with Gasteiger partial charge < -0.3 is 10.6 Å². The molecule has 1 atom stereocenters. The van der Waals surface area contributed by atoms with Crippen molar-refractivity contribution in [3.63, 3.8) is 0 Å². The number of amides is 1. The predicted octanol–water partition coefficient (Wildman–Crippen LogP) is 3.40. The monoisotopic (exact) mass is 332 g/mol. The highest BCUT2D eigenvalue weighted by Crippen LogP contribution is 2.58. The number of thiophene rings is 2. The van der Waals surface area contributed by atoms with Crippen molar-refractivity contribution in [2.24, 2.45) is 11.3 Å². The fraction of sp³-hybridized carbons (Fsp3) is 0.471. The fourth-order valence-electron chi connectivity index (χ4n) is 3.63. The van der Waals surface area contributed by atoms with Gasteiger partial charge in [-0.15, -0.1) is 22.7 Å². The Balaban J connectivity index is 1.49. The zero-order chi connectivity index (χ0) is 15.0. The molecule has 116 valence electrons. The summed E-state index contributed by atoms with van der Waals surface area (Å²) in [6.45, 7) is 2.12. The molecule has 2 N–H and O–H groups in total. The van der Waals surface area contributed by atoms with Gasteiger partial charge in [-0.2, -0.15) is 0 Å². The van der Waals surface area contributed by atoms with E-state index in [4.69, 9.17) is 0 Å². The van der Waals surface area contributed by atoms with Gasteiger partial charge in [0, 0.05) is 15.7 Å². The molecule has 1 aliphatic heterocycles. The quantitative estimate of drug-likeness (QED) is 0.901. The highest BCUT2D eigenvalue weighted by molar-refractivity contribution is 7.11. The van der Waals surface area contributed by atoms with Crippen molar-refractivity contribution in [1.29, 1.82) is 0 Å². The van der Waals surface area contributed by atoms with Crippen LogP contribution in [0.2, 0.25) is 0 Å². The minimum absolute atomic E-state index is 0.0202. The first-order chi connectivity index (χ1) is 10.8. The summed E-state index contributed by atoms with van der Waals surface area (Å²) in [4.78, 5) is 15.2. The first kappa shape index (κ1) is 14.4. The van der Waals surface area contributed by atoms with Crippen LogP contribution in [0.3, 0.4) is 0 Å². The molecule has 0 aromatic carbocycles. The van der Waals surface area contributed by atoms with Crippen LogP contribution < -0.4 is 10.6 Å². The Morgan fingerprint density at radius 3 is 2.36 bits per heavy atom. The van der Waals surface area contributed by atoms with Gasteiger partial charge in [0.05, 0.1) is 6.04 Å². The summed E-state index contributed by atoms with van der Waals surface area (Å²) in [7, 11) is 0. The van der Waals surface area contributed by atoms with Crippen LogP contribution in [0.25, 0.3) is 0 Å². The van der Waals surface area contributed by atoms with Gasteiger partial charge in [-0.05, 0) is 60.7 Å². The number of nitrogens with one attached hydrogen (secondary N) is 2. The van der Waals surface area contributed by atoms with Crippen LogP contribution in [0.15, 0.2) is 35.0 Å². The van der Waals surface area contributed by atoms with Gasteiger partial charge in [0.1, 0.15) is 0 Å². The predicted molar refractivity (Wildman–Crippen MR) is 91.3 cm³/mol. The molecule has 0 radical (unpaired) electrons. The maximum Gasteiger partial charge on any atom is 0.224 e. The van der Waals surface area contributed by atoms with Crippen LogP contribution in [0, 0.1) is 11.3 Å². The highest BCUT2D eigenvalue weighted by Gasteiger charge is 2.57. The van der Waals surface area contributed by atoms with E-state index in [-0.39, 0.29) is 17.9 Å². The first-order valence-corrected chi connectivity index (χ1v) is 9.62. The van der Waals surface area contributed by atoms with Crippen LogP contribution in [-0.4, -0.2) is 19.0 Å². The number of carbonyl (C=O) groups is 1. The minimum atomic E-state index is 0.0202. The van der Waals surface area contributed by atoms with Gasteiger partial charge in [-0.25, -0.2) is 0 Å². The first-order valence-electron chi connectivity index (χ1n) is 7.86. The molecule has 2 aromatic heterocycles. The van der Waals surface area contributed by atoms with Crippen molar-refractivity contribution in [3.05, 3.63) is 44.8 Å². The molecule has 3 nitrogen and oxygen atoms in total. The van der Waals surface area contributed by atoms with Crippen molar-refractivity contribution >= 4 is 28.6 Å². The Morgan fingerprint density at radius 1 is 1.18 bits per heavy atom. The van der Waals surface area contributed by atoms with Gasteiger partial charge in [-0.3, -0.25) is 4.79 Å². The van der Waals surface area contributed by atoms with E-state index in [0.29, 0.717) is 5.41 Å². The smallest absolute Gasteiger partial charge is 0.224 e. The highest BCUT2D eigenvalue weighted by atomic mass is 32.1. The standard InChI is InChI=1S/C17H20N2OS2/c20-16(12-11-17(12)5-7-18-8-6-17)19-15(13-3-1-9-21-13)14-4-2-10-22-14/h1-4,9-10,12,15,18H,5-8,11H2,(H,19,20). The molecule has 1 saturated heterocycles. The average molecular weight is 332 g/mol. The van der Waals surface area contributed by atoms with Gasteiger partial charge in [-0.1, -0.05) is 12.1 Å². The lowest BCUT2D eigenvalue weighted by Gasteiger charge is -2.24. The van der Waals surface area contributed by atoms with Crippen molar-refractivity contribution in [1.82, 2.24) is 10.6 Å². The van der Waals surface area contributed by atoms with Crippen LogP contribution in [0.1, 0.15) is 35.1 Å². The summed E-state index contributed by atoms with van der Waals surface area (Å²) in [6, 6.07) is 8.35. The van der Waals surface area contributed by atoms with Crippen molar-refractivity contribution < 1.29 is 4.79 Å². The normalized spacial score (nSPS) is 22.9. The van der Waals surface area contributed by atoms with E-state index in [0.717, 1.165) is 32.4 Å². The molecule has 0 bridgehead atoms. The Kier molecular flexibility index (Phi) is 3.80. The lowest BCUT2D eigenvalue weighted by molar-refractivity contribution is -0.123. The molecule has 1 saturated carbocycles. The van der Waals surface area contributed by atoms with Gasteiger partial charge in [0.2, 0.25) is 5.91 Å². The minimum Gasteiger partial charge on any atom is -0.343 e. The largest absolute Gasteiger partial charge is 0.343 e. The van der Waals surface area contributed by atoms with Crippen molar-refractivity contribution in [2.45, 2.75) is 25.3 Å². The Morgan fingerprint density at radius 2 is 1.82 bits per heavy atom. The summed E-state index contributed by atoms with van der Waals surface area (Å²) >= 11 is 3.42. The second-order valence-corrected chi connectivity index (χ2v) is 8.30. The summed E-state index contributed by atoms with van der Waals surface area (Å²) in [5.74, 6) is 0.464.